The zero-order chi connectivity index (χ0) is 13.1. The Morgan fingerprint density at radius 3 is 2.78 bits per heavy atom. The lowest BCUT2D eigenvalue weighted by Crippen LogP contribution is -2.22. The van der Waals surface area contributed by atoms with Gasteiger partial charge in [-0.3, -0.25) is 0 Å². The Morgan fingerprint density at radius 1 is 1.28 bits per heavy atom. The summed E-state index contributed by atoms with van der Waals surface area (Å²) in [6.07, 6.45) is 1.88. The van der Waals surface area contributed by atoms with Gasteiger partial charge in [-0.2, -0.15) is 5.10 Å². The first-order valence-electron chi connectivity index (χ1n) is 5.80. The monoisotopic (exact) mass is 283 g/mol. The summed E-state index contributed by atoms with van der Waals surface area (Å²) in [5, 5.41) is 8.84. The molecule has 2 rings (SSSR count). The van der Waals surface area contributed by atoms with Gasteiger partial charge in [0.1, 0.15) is 0 Å². The molecule has 0 spiro atoms. The van der Waals surface area contributed by atoms with Crippen LogP contribution in [0.15, 0.2) is 30.5 Å². The van der Waals surface area contributed by atoms with Crippen LogP contribution in [0.25, 0.3) is 5.69 Å². The molecule has 0 unspecified atom stereocenters. The second kappa shape index (κ2) is 5.74. The molecule has 1 heterocycles. The van der Waals surface area contributed by atoms with Gasteiger partial charge in [0.2, 0.25) is 0 Å². The van der Waals surface area contributed by atoms with Crippen molar-refractivity contribution in [3.63, 3.8) is 0 Å². The van der Waals surface area contributed by atoms with Crippen molar-refractivity contribution in [3.05, 3.63) is 46.2 Å². The topological polar surface area (TPSA) is 29.9 Å². The number of aromatic nitrogens is 2. The standard InChI is InChI=1S/C13H15Cl2N3/c1-9(2)16-8-10-6-7-18(17-10)12-5-3-4-11(14)13(12)15/h3-7,9,16H,8H2,1-2H3. The van der Waals surface area contributed by atoms with Gasteiger partial charge in [0, 0.05) is 18.8 Å². The Morgan fingerprint density at radius 2 is 2.06 bits per heavy atom. The molecule has 18 heavy (non-hydrogen) atoms. The minimum Gasteiger partial charge on any atom is -0.309 e. The van der Waals surface area contributed by atoms with Crippen molar-refractivity contribution in [1.29, 1.82) is 0 Å². The van der Waals surface area contributed by atoms with E-state index in [1.807, 2.05) is 24.4 Å². The summed E-state index contributed by atoms with van der Waals surface area (Å²) in [6.45, 7) is 4.94. The Hall–Kier alpha value is -1.03. The van der Waals surface area contributed by atoms with Gasteiger partial charge >= 0.3 is 0 Å². The smallest absolute Gasteiger partial charge is 0.0849 e. The molecule has 0 atom stereocenters. The van der Waals surface area contributed by atoms with E-state index in [1.54, 1.807) is 10.7 Å². The van der Waals surface area contributed by atoms with E-state index in [1.165, 1.54) is 0 Å². The molecule has 0 aliphatic heterocycles. The van der Waals surface area contributed by atoms with E-state index in [4.69, 9.17) is 23.2 Å². The van der Waals surface area contributed by atoms with Crippen molar-refractivity contribution < 1.29 is 0 Å². The first-order valence-corrected chi connectivity index (χ1v) is 6.56. The summed E-state index contributed by atoms with van der Waals surface area (Å²) in [5.74, 6) is 0. The van der Waals surface area contributed by atoms with Crippen molar-refractivity contribution in [3.8, 4) is 5.69 Å². The number of benzene rings is 1. The summed E-state index contributed by atoms with van der Waals surface area (Å²) in [5.41, 5.74) is 1.76. The number of nitrogens with one attached hydrogen (secondary N) is 1. The van der Waals surface area contributed by atoms with Gasteiger partial charge in [-0.1, -0.05) is 43.1 Å². The lowest BCUT2D eigenvalue weighted by Gasteiger charge is -2.06. The normalized spacial score (nSPS) is 11.2. The summed E-state index contributed by atoms with van der Waals surface area (Å²) >= 11 is 12.1. The van der Waals surface area contributed by atoms with E-state index in [0.29, 0.717) is 16.1 Å². The van der Waals surface area contributed by atoms with Gasteiger partial charge in [-0.05, 0) is 18.2 Å². The maximum atomic E-state index is 6.16. The predicted molar refractivity (Wildman–Crippen MR) is 75.6 cm³/mol. The molecule has 0 amide bonds. The molecule has 1 aromatic heterocycles. The Balaban J connectivity index is 2.21. The molecule has 0 saturated heterocycles. The fourth-order valence-corrected chi connectivity index (χ4v) is 1.95. The quantitative estimate of drug-likeness (QED) is 0.928. The van der Waals surface area contributed by atoms with Crippen molar-refractivity contribution in [2.75, 3.05) is 0 Å². The van der Waals surface area contributed by atoms with E-state index in [2.05, 4.69) is 24.3 Å². The molecule has 5 heteroatoms. The van der Waals surface area contributed by atoms with E-state index >= 15 is 0 Å². The maximum absolute atomic E-state index is 6.16. The van der Waals surface area contributed by atoms with Gasteiger partial charge in [-0.15, -0.1) is 0 Å². The molecular formula is C13H15Cl2N3. The summed E-state index contributed by atoms with van der Waals surface area (Å²) in [6, 6.07) is 7.91. The minimum atomic E-state index is 0.435. The van der Waals surface area contributed by atoms with Gasteiger partial charge < -0.3 is 5.32 Å². The fraction of sp³-hybridized carbons (Fsp3) is 0.308. The van der Waals surface area contributed by atoms with Crippen molar-refractivity contribution >= 4 is 23.2 Å². The van der Waals surface area contributed by atoms with Crippen LogP contribution in [-0.4, -0.2) is 15.8 Å². The van der Waals surface area contributed by atoms with Gasteiger partial charge in [0.25, 0.3) is 0 Å². The van der Waals surface area contributed by atoms with Crippen LogP contribution < -0.4 is 5.32 Å². The van der Waals surface area contributed by atoms with Crippen LogP contribution in [0.3, 0.4) is 0 Å². The molecule has 1 aromatic carbocycles. The lowest BCUT2D eigenvalue weighted by molar-refractivity contribution is 0.578. The first-order chi connectivity index (χ1) is 8.58. The highest BCUT2D eigenvalue weighted by molar-refractivity contribution is 6.43. The third-order valence-corrected chi connectivity index (χ3v) is 3.32. The van der Waals surface area contributed by atoms with Crippen molar-refractivity contribution in [1.82, 2.24) is 15.1 Å². The highest BCUT2D eigenvalue weighted by atomic mass is 35.5. The van der Waals surface area contributed by atoms with Crippen LogP contribution in [0, 0.1) is 0 Å². The second-order valence-corrected chi connectivity index (χ2v) is 5.15. The number of rotatable bonds is 4. The van der Waals surface area contributed by atoms with Crippen LogP contribution >= 0.6 is 23.2 Å². The molecule has 96 valence electrons. The molecule has 0 aliphatic carbocycles. The average Bonchev–Trinajstić information content (AvgIpc) is 2.78. The van der Waals surface area contributed by atoms with Crippen LogP contribution in [0.4, 0.5) is 0 Å². The first kappa shape index (κ1) is 13.4. The summed E-state index contributed by atoms with van der Waals surface area (Å²) in [4.78, 5) is 0. The Kier molecular flexibility index (Phi) is 4.27. The van der Waals surface area contributed by atoms with E-state index < -0.39 is 0 Å². The summed E-state index contributed by atoms with van der Waals surface area (Å²) in [7, 11) is 0. The molecule has 0 bridgehead atoms. The van der Waals surface area contributed by atoms with Crippen molar-refractivity contribution in [2.24, 2.45) is 0 Å². The van der Waals surface area contributed by atoms with Gasteiger partial charge in [0.05, 0.1) is 21.4 Å². The van der Waals surface area contributed by atoms with Gasteiger partial charge in [-0.25, -0.2) is 4.68 Å². The highest BCUT2D eigenvalue weighted by Gasteiger charge is 2.08. The zero-order valence-corrected chi connectivity index (χ0v) is 11.8. The Bertz CT molecular complexity index is 535. The molecule has 0 aliphatic rings. The van der Waals surface area contributed by atoms with E-state index in [0.717, 1.165) is 17.9 Å². The SMILES string of the molecule is CC(C)NCc1ccn(-c2cccc(Cl)c2Cl)n1. The average molecular weight is 284 g/mol. The maximum Gasteiger partial charge on any atom is 0.0849 e. The molecule has 0 radical (unpaired) electrons. The number of hydrogen-bond donors (Lipinski definition) is 1. The number of nitrogens with zero attached hydrogens (tertiary/aromatic N) is 2. The van der Waals surface area contributed by atoms with Crippen molar-refractivity contribution in [2.45, 2.75) is 26.4 Å². The Labute approximate surface area is 117 Å². The van der Waals surface area contributed by atoms with Crippen LogP contribution in [0.2, 0.25) is 10.0 Å². The van der Waals surface area contributed by atoms with Gasteiger partial charge in [0.15, 0.2) is 0 Å². The highest BCUT2D eigenvalue weighted by Crippen LogP contribution is 2.27. The van der Waals surface area contributed by atoms with Crippen LogP contribution in [0.1, 0.15) is 19.5 Å². The number of hydrogen-bond acceptors (Lipinski definition) is 2. The van der Waals surface area contributed by atoms with E-state index in [-0.39, 0.29) is 0 Å². The molecule has 0 fully saturated rings. The zero-order valence-electron chi connectivity index (χ0n) is 10.3. The summed E-state index contributed by atoms with van der Waals surface area (Å²) < 4.78 is 1.74. The minimum absolute atomic E-state index is 0.435. The third kappa shape index (κ3) is 3.05. The molecule has 3 nitrogen and oxygen atoms in total. The molecule has 1 N–H and O–H groups in total. The molecule has 2 aromatic rings. The molecule has 0 saturated carbocycles. The van der Waals surface area contributed by atoms with Crippen LogP contribution in [0.5, 0.6) is 0 Å². The van der Waals surface area contributed by atoms with E-state index in [9.17, 15) is 0 Å². The fourth-order valence-electron chi connectivity index (χ4n) is 1.57. The second-order valence-electron chi connectivity index (χ2n) is 4.36. The predicted octanol–water partition coefficient (Wildman–Crippen LogP) is 3.68. The molecular weight excluding hydrogens is 269 g/mol. The lowest BCUT2D eigenvalue weighted by atomic mass is 10.3. The van der Waals surface area contributed by atoms with Crippen LogP contribution in [-0.2, 0) is 6.54 Å². The number of halogens is 2. The third-order valence-electron chi connectivity index (χ3n) is 2.51. The largest absolute Gasteiger partial charge is 0.309 e.